The highest BCUT2D eigenvalue weighted by atomic mass is 79.9. The summed E-state index contributed by atoms with van der Waals surface area (Å²) in [6.45, 7) is 2.31. The number of aryl methyl sites for hydroxylation is 1. The molecule has 2 N–H and O–H groups in total. The summed E-state index contributed by atoms with van der Waals surface area (Å²) in [5, 5.41) is 15.0. The van der Waals surface area contributed by atoms with Crippen LogP contribution in [0.4, 0.5) is 0 Å². The van der Waals surface area contributed by atoms with Crippen LogP contribution in [0.2, 0.25) is 0 Å². The second kappa shape index (κ2) is 13.6. The fourth-order valence-corrected chi connectivity index (χ4v) is 4.63. The zero-order valence-electron chi connectivity index (χ0n) is 21.3. The lowest BCUT2D eigenvalue weighted by molar-refractivity contribution is -0.139. The Hall–Kier alpha value is -4.08. The van der Waals surface area contributed by atoms with Gasteiger partial charge in [0.25, 0.3) is 0 Å². The smallest absolute Gasteiger partial charge is 0.322 e. The van der Waals surface area contributed by atoms with Crippen molar-refractivity contribution in [3.63, 3.8) is 0 Å². The minimum absolute atomic E-state index is 0.167. The summed E-state index contributed by atoms with van der Waals surface area (Å²) in [5.41, 5.74) is 5.65. The molecule has 0 bridgehead atoms. The van der Waals surface area contributed by atoms with Crippen LogP contribution >= 0.6 is 15.9 Å². The molecule has 0 spiro atoms. The van der Waals surface area contributed by atoms with E-state index < -0.39 is 12.0 Å². The average Bonchev–Trinajstić information content (AvgIpc) is 2.95. The maximum absolute atomic E-state index is 11.5. The number of aliphatic carboxylic acids is 1. The second-order valence-electron chi connectivity index (χ2n) is 8.89. The Morgan fingerprint density at radius 3 is 2.51 bits per heavy atom. The standard InChI is InChI=1S/C30H28BrN3O5/c1-20-13-24(16-33-26(17-34-37)30(35)36)28(38-18-21-7-6-12-32-15-21)14-27(20)39-19-23-10-5-11-25(29(23)31)22-8-3-2-4-9-22/h2-15,26,33H,16-19H2,1H3,(H,35,36). The number of carboxylic acid groups (broad SMARTS) is 1. The number of nitroso groups, excluding NO2 is 1. The fraction of sp³-hybridized carbons (Fsp3) is 0.200. The van der Waals surface area contributed by atoms with Crippen molar-refractivity contribution >= 4 is 21.9 Å². The van der Waals surface area contributed by atoms with E-state index >= 15 is 0 Å². The Labute approximate surface area is 235 Å². The molecule has 0 fully saturated rings. The number of nitrogens with zero attached hydrogens (tertiary/aromatic N) is 2. The van der Waals surface area contributed by atoms with Gasteiger partial charge >= 0.3 is 5.97 Å². The third-order valence-corrected chi connectivity index (χ3v) is 7.05. The molecule has 1 atom stereocenters. The van der Waals surface area contributed by atoms with Gasteiger partial charge < -0.3 is 14.6 Å². The first-order chi connectivity index (χ1) is 19.0. The highest BCUT2D eigenvalue weighted by molar-refractivity contribution is 9.10. The van der Waals surface area contributed by atoms with Gasteiger partial charge in [-0.3, -0.25) is 15.1 Å². The lowest BCUT2D eigenvalue weighted by atomic mass is 10.0. The van der Waals surface area contributed by atoms with Gasteiger partial charge in [0.2, 0.25) is 0 Å². The van der Waals surface area contributed by atoms with Crippen LogP contribution in [0.25, 0.3) is 11.1 Å². The quantitative estimate of drug-likeness (QED) is 0.176. The van der Waals surface area contributed by atoms with Crippen LogP contribution in [0.5, 0.6) is 11.5 Å². The zero-order valence-corrected chi connectivity index (χ0v) is 22.9. The molecule has 1 aromatic heterocycles. The van der Waals surface area contributed by atoms with Gasteiger partial charge in [0.15, 0.2) is 0 Å². The number of aromatic nitrogens is 1. The second-order valence-corrected chi connectivity index (χ2v) is 9.69. The molecule has 0 saturated heterocycles. The minimum Gasteiger partial charge on any atom is -0.488 e. The number of ether oxygens (including phenoxy) is 2. The number of hydrogen-bond acceptors (Lipinski definition) is 7. The molecule has 4 rings (SSSR count). The van der Waals surface area contributed by atoms with Crippen LogP contribution in [0.15, 0.2) is 94.8 Å². The molecule has 4 aromatic rings. The normalized spacial score (nSPS) is 11.5. The van der Waals surface area contributed by atoms with Crippen molar-refractivity contribution in [3.05, 3.63) is 117 Å². The van der Waals surface area contributed by atoms with Crippen molar-refractivity contribution in [2.75, 3.05) is 6.54 Å². The average molecular weight is 590 g/mol. The highest BCUT2D eigenvalue weighted by Crippen LogP contribution is 2.34. The van der Waals surface area contributed by atoms with Crippen molar-refractivity contribution in [2.24, 2.45) is 5.18 Å². The lowest BCUT2D eigenvalue weighted by Gasteiger charge is -2.18. The molecular formula is C30H28BrN3O5. The summed E-state index contributed by atoms with van der Waals surface area (Å²) in [6, 6.07) is 22.5. The Bertz CT molecular complexity index is 1420. The Kier molecular flexibility index (Phi) is 9.77. The van der Waals surface area contributed by atoms with Gasteiger partial charge in [-0.2, -0.15) is 4.91 Å². The third-order valence-electron chi connectivity index (χ3n) is 6.12. The number of carbonyl (C=O) groups is 1. The van der Waals surface area contributed by atoms with Crippen molar-refractivity contribution in [1.82, 2.24) is 10.3 Å². The summed E-state index contributed by atoms with van der Waals surface area (Å²) < 4.78 is 13.3. The van der Waals surface area contributed by atoms with Gasteiger partial charge in [-0.05, 0) is 51.7 Å². The van der Waals surface area contributed by atoms with Crippen LogP contribution in [-0.2, 0) is 24.6 Å². The molecular weight excluding hydrogens is 562 g/mol. The number of rotatable bonds is 13. The van der Waals surface area contributed by atoms with E-state index in [-0.39, 0.29) is 19.7 Å². The summed E-state index contributed by atoms with van der Waals surface area (Å²) in [5.74, 6) is 0.0287. The summed E-state index contributed by atoms with van der Waals surface area (Å²) in [4.78, 5) is 26.3. The van der Waals surface area contributed by atoms with E-state index in [4.69, 9.17) is 9.47 Å². The number of carboxylic acids is 1. The van der Waals surface area contributed by atoms with Crippen LogP contribution in [0.3, 0.4) is 0 Å². The summed E-state index contributed by atoms with van der Waals surface area (Å²) in [7, 11) is 0. The van der Waals surface area contributed by atoms with E-state index in [1.807, 2.05) is 61.5 Å². The Balaban J connectivity index is 1.56. The van der Waals surface area contributed by atoms with E-state index in [1.165, 1.54) is 0 Å². The van der Waals surface area contributed by atoms with E-state index in [0.717, 1.165) is 37.9 Å². The Morgan fingerprint density at radius 2 is 1.79 bits per heavy atom. The lowest BCUT2D eigenvalue weighted by Crippen LogP contribution is -2.38. The van der Waals surface area contributed by atoms with E-state index in [9.17, 15) is 14.8 Å². The molecule has 0 radical (unpaired) electrons. The third kappa shape index (κ3) is 7.49. The highest BCUT2D eigenvalue weighted by Gasteiger charge is 2.19. The molecule has 39 heavy (non-hydrogen) atoms. The summed E-state index contributed by atoms with van der Waals surface area (Å²) >= 11 is 3.75. The molecule has 0 saturated carbocycles. The van der Waals surface area contributed by atoms with Crippen molar-refractivity contribution in [2.45, 2.75) is 32.7 Å². The van der Waals surface area contributed by atoms with Gasteiger partial charge in [0.1, 0.15) is 37.3 Å². The number of benzene rings is 3. The summed E-state index contributed by atoms with van der Waals surface area (Å²) in [6.07, 6.45) is 3.41. The zero-order chi connectivity index (χ0) is 27.6. The molecule has 8 nitrogen and oxygen atoms in total. The molecule has 1 heterocycles. The Morgan fingerprint density at radius 1 is 1.00 bits per heavy atom. The maximum atomic E-state index is 11.5. The first-order valence-corrected chi connectivity index (χ1v) is 13.1. The fourth-order valence-electron chi connectivity index (χ4n) is 4.03. The SMILES string of the molecule is Cc1cc(CNC(CN=O)C(=O)O)c(OCc2cccnc2)cc1OCc1cccc(-c2ccccc2)c1Br. The molecule has 0 aliphatic heterocycles. The van der Waals surface area contributed by atoms with E-state index in [0.29, 0.717) is 18.1 Å². The number of halogens is 1. The molecule has 0 aliphatic carbocycles. The van der Waals surface area contributed by atoms with Crippen LogP contribution < -0.4 is 14.8 Å². The molecule has 0 aliphatic rings. The molecule has 9 heteroatoms. The van der Waals surface area contributed by atoms with Crippen LogP contribution in [0, 0.1) is 11.8 Å². The van der Waals surface area contributed by atoms with Gasteiger partial charge in [-0.15, -0.1) is 0 Å². The van der Waals surface area contributed by atoms with Gasteiger partial charge in [-0.1, -0.05) is 59.8 Å². The van der Waals surface area contributed by atoms with E-state index in [1.54, 1.807) is 12.4 Å². The van der Waals surface area contributed by atoms with Gasteiger partial charge in [0.05, 0.1) is 0 Å². The number of nitrogens with one attached hydrogen (secondary N) is 1. The van der Waals surface area contributed by atoms with Crippen LogP contribution in [-0.4, -0.2) is 28.6 Å². The largest absolute Gasteiger partial charge is 0.488 e. The van der Waals surface area contributed by atoms with Crippen LogP contribution in [0.1, 0.15) is 22.3 Å². The molecule has 3 aromatic carbocycles. The van der Waals surface area contributed by atoms with Crippen molar-refractivity contribution < 1.29 is 19.4 Å². The number of hydrogen-bond donors (Lipinski definition) is 2. The predicted octanol–water partition coefficient (Wildman–Crippen LogP) is 6.29. The van der Waals surface area contributed by atoms with Gasteiger partial charge in [-0.25, -0.2) is 0 Å². The van der Waals surface area contributed by atoms with Gasteiger partial charge in [0, 0.05) is 46.2 Å². The predicted molar refractivity (Wildman–Crippen MR) is 153 cm³/mol. The minimum atomic E-state index is -1.15. The topological polar surface area (TPSA) is 110 Å². The maximum Gasteiger partial charge on any atom is 0.322 e. The monoisotopic (exact) mass is 589 g/mol. The van der Waals surface area contributed by atoms with E-state index in [2.05, 4.69) is 49.6 Å². The van der Waals surface area contributed by atoms with Crippen molar-refractivity contribution in [3.8, 4) is 22.6 Å². The first-order valence-electron chi connectivity index (χ1n) is 12.3. The molecule has 1 unspecified atom stereocenters. The molecule has 0 amide bonds. The molecule has 200 valence electrons. The number of pyridine rings is 1. The first kappa shape index (κ1) is 27.9. The van der Waals surface area contributed by atoms with Crippen molar-refractivity contribution in [1.29, 1.82) is 0 Å².